The number of hydrogen-bond acceptors (Lipinski definition) is 4. The highest BCUT2D eigenvalue weighted by atomic mass is 32.2. The summed E-state index contributed by atoms with van der Waals surface area (Å²) in [5.74, 6) is 0.615. The van der Waals surface area contributed by atoms with Crippen LogP contribution in [-0.4, -0.2) is 52.9 Å². The van der Waals surface area contributed by atoms with E-state index in [2.05, 4.69) is 37.4 Å². The summed E-state index contributed by atoms with van der Waals surface area (Å²) in [6.45, 7) is 2.46. The van der Waals surface area contributed by atoms with Crippen LogP contribution in [0.4, 0.5) is 5.69 Å². The zero-order valence-corrected chi connectivity index (χ0v) is 17.5. The third-order valence-electron chi connectivity index (χ3n) is 4.88. The average Bonchev–Trinajstić information content (AvgIpc) is 3.21. The van der Waals surface area contributed by atoms with Crippen LogP contribution < -0.4 is 20.3 Å². The predicted molar refractivity (Wildman–Crippen MR) is 119 cm³/mol. The quantitative estimate of drug-likeness (QED) is 0.450. The van der Waals surface area contributed by atoms with Crippen LogP contribution in [0.25, 0.3) is 0 Å². The van der Waals surface area contributed by atoms with Crippen LogP contribution in [0, 0.1) is 0 Å². The summed E-state index contributed by atoms with van der Waals surface area (Å²) in [7, 11) is -1.66. The number of rotatable bonds is 8. The molecule has 0 aromatic heterocycles. The molecular formula is C21H29N5O2S. The molecule has 7 nitrogen and oxygen atoms in total. The Morgan fingerprint density at radius 3 is 2.48 bits per heavy atom. The first-order valence-electron chi connectivity index (χ1n) is 9.84. The SMILES string of the molecule is CN=C(NCCS(=O)(=O)NCc1ccccc1)NC1CCN(c2ccccc2)C1. The normalized spacial score (nSPS) is 17.3. The minimum Gasteiger partial charge on any atom is -0.369 e. The number of benzene rings is 2. The molecule has 0 spiro atoms. The van der Waals surface area contributed by atoms with Gasteiger partial charge in [0.15, 0.2) is 5.96 Å². The molecule has 0 bridgehead atoms. The van der Waals surface area contributed by atoms with Crippen LogP contribution in [-0.2, 0) is 16.6 Å². The molecule has 1 aliphatic heterocycles. The number of sulfonamides is 1. The maximum Gasteiger partial charge on any atom is 0.213 e. The van der Waals surface area contributed by atoms with E-state index < -0.39 is 10.0 Å². The van der Waals surface area contributed by atoms with Crippen molar-refractivity contribution in [3.05, 3.63) is 66.2 Å². The first kappa shape index (κ1) is 21.1. The minimum absolute atomic E-state index is 0.0126. The van der Waals surface area contributed by atoms with E-state index in [1.807, 2.05) is 48.5 Å². The highest BCUT2D eigenvalue weighted by Gasteiger charge is 2.23. The van der Waals surface area contributed by atoms with Crippen LogP contribution >= 0.6 is 0 Å². The van der Waals surface area contributed by atoms with Crippen LogP contribution in [0.3, 0.4) is 0 Å². The maximum absolute atomic E-state index is 12.2. The standard InChI is InChI=1S/C21H29N5O2S/c1-22-21(25-19-12-14-26(17-19)20-10-6-3-7-11-20)23-13-15-29(27,28)24-16-18-8-4-2-5-9-18/h2-11,19,24H,12-17H2,1H3,(H2,22,23,25). The van der Waals surface area contributed by atoms with Crippen molar-refractivity contribution in [2.75, 3.05) is 37.3 Å². The molecule has 2 aromatic rings. The van der Waals surface area contributed by atoms with Gasteiger partial charge in [0.2, 0.25) is 10.0 Å². The first-order valence-corrected chi connectivity index (χ1v) is 11.5. The molecule has 1 atom stereocenters. The van der Waals surface area contributed by atoms with Crippen LogP contribution in [0.2, 0.25) is 0 Å². The largest absolute Gasteiger partial charge is 0.369 e. The smallest absolute Gasteiger partial charge is 0.213 e. The van der Waals surface area contributed by atoms with Gasteiger partial charge in [-0.15, -0.1) is 0 Å². The molecule has 3 rings (SSSR count). The average molecular weight is 416 g/mol. The van der Waals surface area contributed by atoms with Crippen molar-refractivity contribution >= 4 is 21.7 Å². The molecule has 1 aliphatic rings. The second kappa shape index (κ2) is 10.3. The van der Waals surface area contributed by atoms with Gasteiger partial charge >= 0.3 is 0 Å². The van der Waals surface area contributed by atoms with Gasteiger partial charge < -0.3 is 15.5 Å². The van der Waals surface area contributed by atoms with E-state index in [-0.39, 0.29) is 11.8 Å². The van der Waals surface area contributed by atoms with E-state index >= 15 is 0 Å². The molecule has 0 amide bonds. The lowest BCUT2D eigenvalue weighted by molar-refractivity contribution is 0.579. The van der Waals surface area contributed by atoms with E-state index in [1.165, 1.54) is 5.69 Å². The summed E-state index contributed by atoms with van der Waals surface area (Å²) in [5.41, 5.74) is 2.15. The molecule has 2 aromatic carbocycles. The number of guanidine groups is 1. The van der Waals surface area contributed by atoms with Crippen molar-refractivity contribution in [1.29, 1.82) is 0 Å². The topological polar surface area (TPSA) is 85.8 Å². The Labute approximate surface area is 173 Å². The molecule has 3 N–H and O–H groups in total. The molecule has 29 heavy (non-hydrogen) atoms. The first-order chi connectivity index (χ1) is 14.1. The van der Waals surface area contributed by atoms with Crippen molar-refractivity contribution in [2.45, 2.75) is 19.0 Å². The summed E-state index contributed by atoms with van der Waals surface area (Å²) in [5, 5.41) is 6.50. The van der Waals surface area contributed by atoms with Crippen molar-refractivity contribution in [1.82, 2.24) is 15.4 Å². The van der Waals surface area contributed by atoms with Crippen molar-refractivity contribution in [2.24, 2.45) is 4.99 Å². The van der Waals surface area contributed by atoms with Gasteiger partial charge in [-0.3, -0.25) is 4.99 Å². The van der Waals surface area contributed by atoms with Gasteiger partial charge in [0.1, 0.15) is 0 Å². The van der Waals surface area contributed by atoms with Crippen molar-refractivity contribution in [3.63, 3.8) is 0 Å². The van der Waals surface area contributed by atoms with E-state index in [4.69, 9.17) is 0 Å². The highest BCUT2D eigenvalue weighted by Crippen LogP contribution is 2.19. The highest BCUT2D eigenvalue weighted by molar-refractivity contribution is 7.89. The monoisotopic (exact) mass is 415 g/mol. The lowest BCUT2D eigenvalue weighted by Crippen LogP contribution is -2.46. The Morgan fingerprint density at radius 2 is 1.79 bits per heavy atom. The van der Waals surface area contributed by atoms with E-state index in [0.29, 0.717) is 19.0 Å². The van der Waals surface area contributed by atoms with Gasteiger partial charge in [-0.1, -0.05) is 48.5 Å². The number of hydrogen-bond donors (Lipinski definition) is 3. The third kappa shape index (κ3) is 6.76. The predicted octanol–water partition coefficient (Wildman–Crippen LogP) is 1.55. The maximum atomic E-state index is 12.2. The minimum atomic E-state index is -3.36. The molecule has 1 fully saturated rings. The molecule has 1 saturated heterocycles. The fourth-order valence-electron chi connectivity index (χ4n) is 3.30. The second-order valence-electron chi connectivity index (χ2n) is 7.04. The van der Waals surface area contributed by atoms with Gasteiger partial charge in [0.25, 0.3) is 0 Å². The third-order valence-corrected chi connectivity index (χ3v) is 6.20. The Balaban J connectivity index is 1.40. The molecule has 0 aliphatic carbocycles. The van der Waals surface area contributed by atoms with E-state index in [9.17, 15) is 8.42 Å². The summed E-state index contributed by atoms with van der Waals surface area (Å²) in [6, 6.07) is 20.1. The lowest BCUT2D eigenvalue weighted by atomic mass is 10.2. The molecule has 1 unspecified atom stereocenters. The van der Waals surface area contributed by atoms with Crippen LogP contribution in [0.5, 0.6) is 0 Å². The molecule has 0 radical (unpaired) electrons. The molecule has 1 heterocycles. The summed E-state index contributed by atoms with van der Waals surface area (Å²) in [6.07, 6.45) is 1.01. The fraction of sp³-hybridized carbons (Fsp3) is 0.381. The number of para-hydroxylation sites is 1. The molecule has 0 saturated carbocycles. The Kier molecular flexibility index (Phi) is 7.48. The van der Waals surface area contributed by atoms with E-state index in [0.717, 1.165) is 25.1 Å². The lowest BCUT2D eigenvalue weighted by Gasteiger charge is -2.20. The summed E-state index contributed by atoms with van der Waals surface area (Å²) < 4.78 is 27.0. The van der Waals surface area contributed by atoms with Gasteiger partial charge in [0, 0.05) is 45.0 Å². The fourth-order valence-corrected chi connectivity index (χ4v) is 4.21. The summed E-state index contributed by atoms with van der Waals surface area (Å²) in [4.78, 5) is 6.56. The van der Waals surface area contributed by atoms with Gasteiger partial charge in [-0.2, -0.15) is 0 Å². The Hall–Kier alpha value is -2.58. The van der Waals surface area contributed by atoms with Gasteiger partial charge in [0.05, 0.1) is 5.75 Å². The number of aliphatic imine (C=N–C) groups is 1. The van der Waals surface area contributed by atoms with Crippen LogP contribution in [0.1, 0.15) is 12.0 Å². The zero-order chi connectivity index (χ0) is 20.5. The van der Waals surface area contributed by atoms with Crippen LogP contribution in [0.15, 0.2) is 65.7 Å². The summed E-state index contributed by atoms with van der Waals surface area (Å²) >= 11 is 0. The Morgan fingerprint density at radius 1 is 1.10 bits per heavy atom. The Bertz CT molecular complexity index is 888. The molecule has 156 valence electrons. The number of nitrogens with zero attached hydrogens (tertiary/aromatic N) is 2. The zero-order valence-electron chi connectivity index (χ0n) is 16.7. The second-order valence-corrected chi connectivity index (χ2v) is 8.96. The van der Waals surface area contributed by atoms with Gasteiger partial charge in [-0.25, -0.2) is 13.1 Å². The van der Waals surface area contributed by atoms with Gasteiger partial charge in [-0.05, 0) is 24.1 Å². The van der Waals surface area contributed by atoms with E-state index in [1.54, 1.807) is 7.05 Å². The number of nitrogens with one attached hydrogen (secondary N) is 3. The molecule has 8 heteroatoms. The molecular weight excluding hydrogens is 386 g/mol. The number of anilines is 1. The van der Waals surface area contributed by atoms with Crippen molar-refractivity contribution in [3.8, 4) is 0 Å². The van der Waals surface area contributed by atoms with Crippen molar-refractivity contribution < 1.29 is 8.42 Å².